The average Bonchev–Trinajstić information content (AvgIpc) is 2.91. The fourth-order valence-electron chi connectivity index (χ4n) is 3.00. The molecule has 2 N–H and O–H groups in total. The van der Waals surface area contributed by atoms with Gasteiger partial charge in [-0.25, -0.2) is 19.2 Å². The van der Waals surface area contributed by atoms with Crippen molar-refractivity contribution in [3.8, 4) is 0 Å². The van der Waals surface area contributed by atoms with Crippen LogP contribution in [0.1, 0.15) is 12.8 Å². The van der Waals surface area contributed by atoms with E-state index in [1.54, 1.807) is 0 Å². The first kappa shape index (κ1) is 38.5. The van der Waals surface area contributed by atoms with Gasteiger partial charge < -0.3 is 39.1 Å². The lowest BCUT2D eigenvalue weighted by molar-refractivity contribution is -0.138. The third kappa shape index (κ3) is 25.0. The summed E-state index contributed by atoms with van der Waals surface area (Å²) in [5, 5.41) is 4.94. The third-order valence-corrected chi connectivity index (χ3v) is 10.2. The summed E-state index contributed by atoms with van der Waals surface area (Å²) in [5.41, 5.74) is 0. The lowest BCUT2D eigenvalue weighted by Crippen LogP contribution is -2.29. The summed E-state index contributed by atoms with van der Waals surface area (Å²) in [5.74, 6) is 0.681. The van der Waals surface area contributed by atoms with Crippen molar-refractivity contribution in [1.82, 2.24) is 10.6 Å². The van der Waals surface area contributed by atoms with E-state index in [2.05, 4.69) is 48.8 Å². The number of amides is 2. The number of ether oxygens (including phenoxy) is 6. The van der Waals surface area contributed by atoms with E-state index < -0.39 is 44.7 Å². The van der Waals surface area contributed by atoms with Gasteiger partial charge in [-0.2, -0.15) is 0 Å². The molecule has 2 amide bonds. The van der Waals surface area contributed by atoms with Crippen LogP contribution in [-0.2, 0) is 41.6 Å². The Morgan fingerprint density at radius 3 is 1.34 bits per heavy atom. The molecule has 0 aromatic heterocycles. The summed E-state index contributed by atoms with van der Waals surface area (Å²) in [4.78, 5) is 44.9. The Kier molecular flexibility index (Phi) is 21.8. The van der Waals surface area contributed by atoms with Gasteiger partial charge in [-0.15, -0.1) is 20.6 Å². The topological polar surface area (TPSA) is 157 Å². The van der Waals surface area contributed by atoms with Gasteiger partial charge in [-0.3, -0.25) is 3.63 Å². The van der Waals surface area contributed by atoms with Crippen LogP contribution in [0.4, 0.5) is 9.59 Å². The lowest BCUT2D eigenvalue weighted by Gasteiger charge is -2.42. The van der Waals surface area contributed by atoms with E-state index in [1.807, 2.05) is 0 Å². The van der Waals surface area contributed by atoms with E-state index in [9.17, 15) is 19.2 Å². The van der Waals surface area contributed by atoms with E-state index in [4.69, 9.17) is 32.1 Å². The summed E-state index contributed by atoms with van der Waals surface area (Å²) in [6, 6.07) is 0. The van der Waals surface area contributed by atoms with E-state index in [0.717, 1.165) is 36.5 Å². The monoisotopic (exact) mass is 628 g/mol. The van der Waals surface area contributed by atoms with Crippen LogP contribution in [0.15, 0.2) is 25.3 Å². The number of rotatable bonds is 24. The second kappa shape index (κ2) is 23.1. The van der Waals surface area contributed by atoms with Crippen LogP contribution in [0.3, 0.4) is 0 Å². The molecule has 0 aromatic rings. The highest BCUT2D eigenvalue weighted by Crippen LogP contribution is 2.58. The first-order valence-electron chi connectivity index (χ1n) is 13.1. The van der Waals surface area contributed by atoms with Crippen molar-refractivity contribution in [3.63, 3.8) is 0 Å². The molecular weight excluding hydrogens is 580 g/mol. The molecule has 0 aromatic carbocycles. The number of hydrogen-bond acceptors (Lipinski definition) is 11. The molecule has 0 fully saturated rings. The number of nitrogens with one attached hydrogen (secondary N) is 2. The van der Waals surface area contributed by atoms with Gasteiger partial charge in [0.25, 0.3) is 0 Å². The van der Waals surface area contributed by atoms with Gasteiger partial charge in [0, 0.05) is 36.9 Å². The molecule has 0 heterocycles. The first-order chi connectivity index (χ1) is 19.4. The van der Waals surface area contributed by atoms with Crippen molar-refractivity contribution in [2.45, 2.75) is 12.8 Å². The third-order valence-electron chi connectivity index (χ3n) is 4.70. The van der Waals surface area contributed by atoms with Crippen molar-refractivity contribution in [3.05, 3.63) is 25.3 Å². The van der Waals surface area contributed by atoms with Gasteiger partial charge in [0.2, 0.25) is 0 Å². The van der Waals surface area contributed by atoms with Crippen LogP contribution in [-0.4, -0.2) is 127 Å². The van der Waals surface area contributed by atoms with Crippen LogP contribution < -0.4 is 10.6 Å². The second-order valence-corrected chi connectivity index (χ2v) is 16.3. The fourth-order valence-corrected chi connectivity index (χ4v) is 9.16. The lowest BCUT2D eigenvalue weighted by atomic mass is 10.5. The number of carbonyl (C=O) groups is 4. The molecule has 0 spiro atoms. The van der Waals surface area contributed by atoms with Crippen LogP contribution in [0.2, 0.25) is 0 Å². The van der Waals surface area contributed by atoms with Gasteiger partial charge in [0.05, 0.1) is 26.3 Å². The number of hydrogen-bond donors (Lipinski definition) is 2. The highest BCUT2D eigenvalue weighted by molar-refractivity contribution is 8.40. The van der Waals surface area contributed by atoms with Crippen molar-refractivity contribution < 1.29 is 51.2 Å². The maximum atomic E-state index is 11.5. The van der Waals surface area contributed by atoms with Crippen LogP contribution in [0.5, 0.6) is 0 Å². The van der Waals surface area contributed by atoms with Gasteiger partial charge in [0.15, 0.2) is 0 Å². The fraction of sp³-hybridized carbons (Fsp3) is 0.692. The molecule has 0 aliphatic carbocycles. The minimum Gasteiger partial charge on any atom is -0.461 e. The zero-order valence-electron chi connectivity index (χ0n) is 24.8. The summed E-state index contributed by atoms with van der Waals surface area (Å²) in [7, 11) is -2.52. The molecule has 0 bridgehead atoms. The predicted octanol–water partition coefficient (Wildman–Crippen LogP) is 2.69. The van der Waals surface area contributed by atoms with E-state index in [0.29, 0.717) is 13.2 Å². The Balaban J connectivity index is 3.80. The van der Waals surface area contributed by atoms with Crippen molar-refractivity contribution in [1.29, 1.82) is 0 Å². The predicted molar refractivity (Wildman–Crippen MR) is 162 cm³/mol. The van der Waals surface area contributed by atoms with E-state index in [1.165, 1.54) is 0 Å². The minimum absolute atomic E-state index is 0.0426. The molecule has 0 rings (SSSR count). The molecule has 13 nitrogen and oxygen atoms in total. The molecule has 0 unspecified atom stereocenters. The highest BCUT2D eigenvalue weighted by atomic mass is 32.3. The Bertz CT molecular complexity index is 746. The Hall–Kier alpha value is -2.46. The molecule has 0 saturated carbocycles. The molecule has 0 saturated heterocycles. The first-order valence-corrected chi connectivity index (χ1v) is 18.2. The van der Waals surface area contributed by atoms with Gasteiger partial charge in [-0.05, 0) is 37.9 Å². The van der Waals surface area contributed by atoms with Crippen LogP contribution in [0.25, 0.3) is 0 Å². The van der Waals surface area contributed by atoms with Crippen molar-refractivity contribution >= 4 is 44.7 Å². The van der Waals surface area contributed by atoms with Gasteiger partial charge >= 0.3 is 24.1 Å². The molecule has 0 aliphatic rings. The number of alkyl carbamates (subject to hydrolysis) is 2. The van der Waals surface area contributed by atoms with Crippen LogP contribution in [0, 0.1) is 0 Å². The average molecular weight is 629 g/mol. The highest BCUT2D eigenvalue weighted by Gasteiger charge is 2.22. The smallest absolute Gasteiger partial charge is 0.407 e. The van der Waals surface area contributed by atoms with Crippen molar-refractivity contribution in [2.24, 2.45) is 0 Å². The normalized spacial score (nSPS) is 12.0. The largest absolute Gasteiger partial charge is 0.461 e. The van der Waals surface area contributed by atoms with Gasteiger partial charge in [0.1, 0.15) is 26.4 Å². The second-order valence-electron chi connectivity index (χ2n) is 9.15. The number of carbonyl (C=O) groups excluding carboxylic acids is 4. The molecule has 0 aliphatic heterocycles. The zero-order chi connectivity index (χ0) is 31.0. The molecule has 15 heteroatoms. The summed E-state index contributed by atoms with van der Waals surface area (Å²) < 4.78 is 37.1. The zero-order valence-corrected chi connectivity index (χ0v) is 26.4. The number of esters is 2. The maximum Gasteiger partial charge on any atom is 0.407 e. The SMILES string of the molecule is C=CC(=O)OCCNC(=O)OCCOCCCS(C)(C)OS(C)(C)CCCOCCOC(=O)NCCOC(=O)C=C. The molecule has 0 atom stereocenters. The summed E-state index contributed by atoms with van der Waals surface area (Å²) >= 11 is 0. The summed E-state index contributed by atoms with van der Waals surface area (Å²) in [6.45, 7) is 8.84. The molecule has 240 valence electrons. The van der Waals surface area contributed by atoms with Crippen LogP contribution >= 0.6 is 20.6 Å². The Labute approximate surface area is 247 Å². The molecule has 41 heavy (non-hydrogen) atoms. The molecule has 0 radical (unpaired) electrons. The Morgan fingerprint density at radius 2 is 0.976 bits per heavy atom. The quantitative estimate of drug-likeness (QED) is 0.0701. The Morgan fingerprint density at radius 1 is 0.585 bits per heavy atom. The van der Waals surface area contributed by atoms with E-state index in [-0.39, 0.29) is 52.7 Å². The van der Waals surface area contributed by atoms with Crippen molar-refractivity contribution in [2.75, 3.05) is 102 Å². The maximum absolute atomic E-state index is 11.5. The standard InChI is InChI=1S/C26H48N2O11S2/c1-7-23(29)35-15-11-27-25(31)37-19-17-33-13-9-21-40(3,4)39-41(5,6)22-10-14-34-18-20-38-26(32)28-12-16-36-24(30)8-2/h7-8H,1-2,9-22H2,3-6H3,(H,27,31)(H,28,32). The summed E-state index contributed by atoms with van der Waals surface area (Å²) in [6.07, 6.45) is 11.1. The van der Waals surface area contributed by atoms with Gasteiger partial charge in [-0.1, -0.05) is 13.2 Å². The van der Waals surface area contributed by atoms with E-state index >= 15 is 0 Å². The minimum atomic E-state index is -1.26. The molecular formula is C26H48N2O11S2.